The SMILES string of the molecule is COC(=O)C(N[C@H](C)c1cccc(OC)c1)C1CC1. The van der Waals surface area contributed by atoms with E-state index in [1.54, 1.807) is 7.11 Å². The van der Waals surface area contributed by atoms with E-state index >= 15 is 0 Å². The molecule has 0 spiro atoms. The summed E-state index contributed by atoms with van der Waals surface area (Å²) in [6, 6.07) is 7.76. The lowest BCUT2D eigenvalue weighted by Gasteiger charge is -2.21. The molecule has 1 aromatic carbocycles. The fraction of sp³-hybridized carbons (Fsp3) is 0.533. The quantitative estimate of drug-likeness (QED) is 0.800. The van der Waals surface area contributed by atoms with Gasteiger partial charge in [-0.05, 0) is 43.4 Å². The van der Waals surface area contributed by atoms with Crippen LogP contribution in [-0.2, 0) is 9.53 Å². The van der Waals surface area contributed by atoms with E-state index in [1.807, 2.05) is 31.2 Å². The van der Waals surface area contributed by atoms with E-state index in [2.05, 4.69) is 5.32 Å². The fourth-order valence-electron chi connectivity index (χ4n) is 2.23. The number of nitrogens with one attached hydrogen (secondary N) is 1. The van der Waals surface area contributed by atoms with Crippen LogP contribution in [0, 0.1) is 5.92 Å². The summed E-state index contributed by atoms with van der Waals surface area (Å²) in [5.41, 5.74) is 1.11. The lowest BCUT2D eigenvalue weighted by molar-refractivity contribution is -0.144. The van der Waals surface area contributed by atoms with Crippen molar-refractivity contribution < 1.29 is 14.3 Å². The lowest BCUT2D eigenvalue weighted by Crippen LogP contribution is -2.40. The summed E-state index contributed by atoms with van der Waals surface area (Å²) < 4.78 is 10.1. The third kappa shape index (κ3) is 3.47. The first-order valence-electron chi connectivity index (χ1n) is 6.63. The highest BCUT2D eigenvalue weighted by molar-refractivity contribution is 5.76. The van der Waals surface area contributed by atoms with Crippen molar-refractivity contribution in [2.24, 2.45) is 5.92 Å². The monoisotopic (exact) mass is 263 g/mol. The van der Waals surface area contributed by atoms with Gasteiger partial charge in [-0.15, -0.1) is 0 Å². The van der Waals surface area contributed by atoms with E-state index in [0.717, 1.165) is 24.2 Å². The summed E-state index contributed by atoms with van der Waals surface area (Å²) >= 11 is 0. The Hall–Kier alpha value is -1.55. The van der Waals surface area contributed by atoms with Crippen molar-refractivity contribution in [2.45, 2.75) is 31.8 Å². The summed E-state index contributed by atoms with van der Waals surface area (Å²) in [6.45, 7) is 2.05. The van der Waals surface area contributed by atoms with E-state index in [1.165, 1.54) is 7.11 Å². The van der Waals surface area contributed by atoms with Crippen molar-refractivity contribution in [1.82, 2.24) is 5.32 Å². The molecule has 19 heavy (non-hydrogen) atoms. The van der Waals surface area contributed by atoms with Gasteiger partial charge in [-0.2, -0.15) is 0 Å². The Labute approximate surface area is 114 Å². The molecule has 4 nitrogen and oxygen atoms in total. The number of carbonyl (C=O) groups is 1. The third-order valence-corrected chi connectivity index (χ3v) is 3.57. The summed E-state index contributed by atoms with van der Waals surface area (Å²) in [6.07, 6.45) is 2.19. The molecule has 0 radical (unpaired) electrons. The molecule has 0 bridgehead atoms. The van der Waals surface area contributed by atoms with Gasteiger partial charge in [0.1, 0.15) is 11.8 Å². The second-order valence-electron chi connectivity index (χ2n) is 5.00. The van der Waals surface area contributed by atoms with E-state index in [0.29, 0.717) is 5.92 Å². The van der Waals surface area contributed by atoms with Gasteiger partial charge in [0.25, 0.3) is 0 Å². The molecule has 0 heterocycles. The van der Waals surface area contributed by atoms with Crippen molar-refractivity contribution in [1.29, 1.82) is 0 Å². The number of ether oxygens (including phenoxy) is 2. The Morgan fingerprint density at radius 2 is 2.11 bits per heavy atom. The molecule has 104 valence electrons. The zero-order valence-corrected chi connectivity index (χ0v) is 11.7. The van der Waals surface area contributed by atoms with Crippen molar-refractivity contribution in [3.05, 3.63) is 29.8 Å². The number of rotatable bonds is 6. The molecular weight excluding hydrogens is 242 g/mol. The van der Waals surface area contributed by atoms with Gasteiger partial charge in [-0.25, -0.2) is 0 Å². The van der Waals surface area contributed by atoms with Gasteiger partial charge < -0.3 is 9.47 Å². The molecule has 1 aliphatic rings. The molecular formula is C15H21NO3. The van der Waals surface area contributed by atoms with Crippen molar-refractivity contribution in [3.8, 4) is 5.75 Å². The highest BCUT2D eigenvalue weighted by Crippen LogP contribution is 2.34. The van der Waals surface area contributed by atoms with Gasteiger partial charge in [0.2, 0.25) is 0 Å². The normalized spacial score (nSPS) is 17.6. The molecule has 0 amide bonds. The number of hydrogen-bond acceptors (Lipinski definition) is 4. The lowest BCUT2D eigenvalue weighted by atomic mass is 10.1. The van der Waals surface area contributed by atoms with Crippen LogP contribution in [0.4, 0.5) is 0 Å². The average molecular weight is 263 g/mol. The van der Waals surface area contributed by atoms with Crippen LogP contribution in [0.1, 0.15) is 31.4 Å². The first-order chi connectivity index (χ1) is 9.15. The second-order valence-corrected chi connectivity index (χ2v) is 5.00. The van der Waals surface area contributed by atoms with Crippen LogP contribution in [0.3, 0.4) is 0 Å². The smallest absolute Gasteiger partial charge is 0.323 e. The highest BCUT2D eigenvalue weighted by atomic mass is 16.5. The van der Waals surface area contributed by atoms with Gasteiger partial charge in [-0.3, -0.25) is 10.1 Å². The van der Waals surface area contributed by atoms with E-state index in [9.17, 15) is 4.79 Å². The molecule has 1 aromatic rings. The zero-order chi connectivity index (χ0) is 13.8. The number of methoxy groups -OCH3 is 2. The standard InChI is InChI=1S/C15H21NO3/c1-10(12-5-4-6-13(9-12)18-2)16-14(11-7-8-11)15(17)19-3/h4-6,9-11,14,16H,7-8H2,1-3H3/t10-,14?/m1/s1. The predicted octanol–water partition coefficient (Wildman–Crippen LogP) is 2.30. The minimum atomic E-state index is -0.203. The Kier molecular flexibility index (Phi) is 4.43. The van der Waals surface area contributed by atoms with Gasteiger partial charge >= 0.3 is 5.97 Å². The molecule has 0 saturated heterocycles. The minimum Gasteiger partial charge on any atom is -0.497 e. The molecule has 2 atom stereocenters. The molecule has 1 saturated carbocycles. The molecule has 1 unspecified atom stereocenters. The van der Waals surface area contributed by atoms with Crippen LogP contribution < -0.4 is 10.1 Å². The fourth-order valence-corrected chi connectivity index (χ4v) is 2.23. The Bertz CT molecular complexity index is 443. The number of hydrogen-bond donors (Lipinski definition) is 1. The van der Waals surface area contributed by atoms with E-state index in [-0.39, 0.29) is 18.1 Å². The first kappa shape index (κ1) is 13.9. The number of carbonyl (C=O) groups excluding carboxylic acids is 1. The van der Waals surface area contributed by atoms with Crippen LogP contribution in [-0.4, -0.2) is 26.2 Å². The molecule has 0 aromatic heterocycles. The van der Waals surface area contributed by atoms with Crippen LogP contribution >= 0.6 is 0 Å². The van der Waals surface area contributed by atoms with Gasteiger partial charge in [0.05, 0.1) is 14.2 Å². The second kappa shape index (κ2) is 6.06. The number of esters is 1. The van der Waals surface area contributed by atoms with Crippen LogP contribution in [0.15, 0.2) is 24.3 Å². The van der Waals surface area contributed by atoms with Crippen LogP contribution in [0.2, 0.25) is 0 Å². The van der Waals surface area contributed by atoms with Crippen molar-refractivity contribution in [2.75, 3.05) is 14.2 Å². The molecule has 1 fully saturated rings. The minimum absolute atomic E-state index is 0.0831. The molecule has 1 N–H and O–H groups in total. The summed E-state index contributed by atoms with van der Waals surface area (Å²) in [7, 11) is 3.09. The van der Waals surface area contributed by atoms with Crippen LogP contribution in [0.25, 0.3) is 0 Å². The molecule has 2 rings (SSSR count). The molecule has 4 heteroatoms. The average Bonchev–Trinajstić information content (AvgIpc) is 3.28. The summed E-state index contributed by atoms with van der Waals surface area (Å²) in [5.74, 6) is 1.07. The van der Waals surface area contributed by atoms with Gasteiger partial charge in [0.15, 0.2) is 0 Å². The topological polar surface area (TPSA) is 47.6 Å². The van der Waals surface area contributed by atoms with Gasteiger partial charge in [0, 0.05) is 6.04 Å². The maximum Gasteiger partial charge on any atom is 0.323 e. The van der Waals surface area contributed by atoms with Crippen molar-refractivity contribution in [3.63, 3.8) is 0 Å². The maximum absolute atomic E-state index is 11.8. The Morgan fingerprint density at radius 3 is 2.68 bits per heavy atom. The largest absolute Gasteiger partial charge is 0.497 e. The third-order valence-electron chi connectivity index (χ3n) is 3.57. The first-order valence-corrected chi connectivity index (χ1v) is 6.63. The molecule has 1 aliphatic carbocycles. The predicted molar refractivity (Wildman–Crippen MR) is 73.1 cm³/mol. The number of benzene rings is 1. The highest BCUT2D eigenvalue weighted by Gasteiger charge is 2.37. The Morgan fingerprint density at radius 1 is 1.37 bits per heavy atom. The summed E-state index contributed by atoms with van der Waals surface area (Å²) in [4.78, 5) is 11.8. The van der Waals surface area contributed by atoms with E-state index < -0.39 is 0 Å². The molecule has 0 aliphatic heterocycles. The maximum atomic E-state index is 11.8. The van der Waals surface area contributed by atoms with E-state index in [4.69, 9.17) is 9.47 Å². The summed E-state index contributed by atoms with van der Waals surface area (Å²) in [5, 5.41) is 3.37. The van der Waals surface area contributed by atoms with Crippen LogP contribution in [0.5, 0.6) is 5.75 Å². The van der Waals surface area contributed by atoms with Gasteiger partial charge in [-0.1, -0.05) is 12.1 Å². The Balaban J connectivity index is 2.05. The zero-order valence-electron chi connectivity index (χ0n) is 11.7. The van der Waals surface area contributed by atoms with Crippen molar-refractivity contribution >= 4 is 5.97 Å².